The van der Waals surface area contributed by atoms with Gasteiger partial charge >= 0.3 is 5.97 Å². The number of nitrogens with one attached hydrogen (secondary N) is 1. The molecule has 0 saturated heterocycles. The van der Waals surface area contributed by atoms with Crippen molar-refractivity contribution in [3.8, 4) is 0 Å². The molecule has 1 N–H and O–H groups in total. The van der Waals surface area contributed by atoms with E-state index in [2.05, 4.69) is 30.9 Å². The SMILES string of the molecule is COC(=O)c1ccc2cn[nH]c2c1Br. The number of nitrogens with zero attached hydrogens (tertiary/aromatic N) is 1. The molecule has 1 heterocycles. The number of aromatic nitrogens is 2. The van der Waals surface area contributed by atoms with Crippen LogP contribution >= 0.6 is 15.9 Å². The highest BCUT2D eigenvalue weighted by Crippen LogP contribution is 2.26. The summed E-state index contributed by atoms with van der Waals surface area (Å²) >= 11 is 3.33. The fraction of sp³-hybridized carbons (Fsp3) is 0.111. The molecule has 0 aliphatic rings. The average Bonchev–Trinajstić information content (AvgIpc) is 2.66. The molecular weight excluding hydrogens is 248 g/mol. The van der Waals surface area contributed by atoms with Gasteiger partial charge in [-0.15, -0.1) is 0 Å². The first kappa shape index (κ1) is 9.21. The van der Waals surface area contributed by atoms with Crippen LogP contribution in [0.3, 0.4) is 0 Å². The van der Waals surface area contributed by atoms with Crippen molar-refractivity contribution < 1.29 is 9.53 Å². The summed E-state index contributed by atoms with van der Waals surface area (Å²) in [5.74, 6) is -0.367. The largest absolute Gasteiger partial charge is 0.465 e. The van der Waals surface area contributed by atoms with Gasteiger partial charge in [-0.25, -0.2) is 4.79 Å². The average molecular weight is 255 g/mol. The smallest absolute Gasteiger partial charge is 0.339 e. The number of carbonyl (C=O) groups excluding carboxylic acids is 1. The summed E-state index contributed by atoms with van der Waals surface area (Å²) in [7, 11) is 1.35. The normalized spacial score (nSPS) is 10.4. The van der Waals surface area contributed by atoms with Crippen LogP contribution in [0, 0.1) is 0 Å². The van der Waals surface area contributed by atoms with Gasteiger partial charge < -0.3 is 4.74 Å². The number of benzene rings is 1. The highest BCUT2D eigenvalue weighted by atomic mass is 79.9. The maximum absolute atomic E-state index is 11.3. The van der Waals surface area contributed by atoms with Gasteiger partial charge in [-0.1, -0.05) is 6.07 Å². The van der Waals surface area contributed by atoms with E-state index in [0.717, 1.165) is 10.9 Å². The van der Waals surface area contributed by atoms with Gasteiger partial charge in [0.25, 0.3) is 0 Å². The Morgan fingerprint density at radius 3 is 3.07 bits per heavy atom. The molecule has 0 amide bonds. The molecule has 0 saturated carbocycles. The van der Waals surface area contributed by atoms with E-state index in [4.69, 9.17) is 0 Å². The number of ether oxygens (including phenoxy) is 1. The van der Waals surface area contributed by atoms with Crippen molar-refractivity contribution in [2.75, 3.05) is 7.11 Å². The molecule has 0 radical (unpaired) electrons. The van der Waals surface area contributed by atoms with Gasteiger partial charge in [0.2, 0.25) is 0 Å². The van der Waals surface area contributed by atoms with E-state index < -0.39 is 0 Å². The quantitative estimate of drug-likeness (QED) is 0.794. The van der Waals surface area contributed by atoms with E-state index in [1.54, 1.807) is 12.3 Å². The number of carbonyl (C=O) groups is 1. The van der Waals surface area contributed by atoms with Gasteiger partial charge in [0.05, 0.1) is 28.9 Å². The lowest BCUT2D eigenvalue weighted by molar-refractivity contribution is 0.0600. The maximum Gasteiger partial charge on any atom is 0.339 e. The van der Waals surface area contributed by atoms with Gasteiger partial charge in [0, 0.05) is 5.39 Å². The Morgan fingerprint density at radius 2 is 2.36 bits per heavy atom. The minimum absolute atomic E-state index is 0.367. The summed E-state index contributed by atoms with van der Waals surface area (Å²) in [6.45, 7) is 0. The van der Waals surface area contributed by atoms with Crippen LogP contribution < -0.4 is 0 Å². The van der Waals surface area contributed by atoms with Crippen LogP contribution in [0.25, 0.3) is 10.9 Å². The van der Waals surface area contributed by atoms with E-state index >= 15 is 0 Å². The number of aromatic amines is 1. The third-order valence-electron chi connectivity index (χ3n) is 1.96. The van der Waals surface area contributed by atoms with E-state index in [0.29, 0.717) is 10.0 Å². The van der Waals surface area contributed by atoms with Crippen LogP contribution in [0.4, 0.5) is 0 Å². The highest BCUT2D eigenvalue weighted by molar-refractivity contribution is 9.10. The van der Waals surface area contributed by atoms with E-state index in [1.807, 2.05) is 6.07 Å². The van der Waals surface area contributed by atoms with Crippen LogP contribution in [-0.2, 0) is 4.74 Å². The number of hydrogen-bond donors (Lipinski definition) is 1. The monoisotopic (exact) mass is 254 g/mol. The topological polar surface area (TPSA) is 55.0 Å². The Morgan fingerprint density at radius 1 is 1.57 bits per heavy atom. The summed E-state index contributed by atoms with van der Waals surface area (Å²) in [6, 6.07) is 3.52. The Kier molecular flexibility index (Phi) is 2.25. The first-order valence-corrected chi connectivity index (χ1v) is 4.73. The molecule has 4 nitrogen and oxygen atoms in total. The number of halogens is 1. The first-order valence-electron chi connectivity index (χ1n) is 3.94. The Balaban J connectivity index is 2.67. The highest BCUT2D eigenvalue weighted by Gasteiger charge is 2.13. The van der Waals surface area contributed by atoms with Crippen molar-refractivity contribution in [2.45, 2.75) is 0 Å². The Labute approximate surface area is 88.4 Å². The van der Waals surface area contributed by atoms with Gasteiger partial charge in [-0.2, -0.15) is 5.10 Å². The van der Waals surface area contributed by atoms with Crippen molar-refractivity contribution in [3.05, 3.63) is 28.4 Å². The number of esters is 1. The fourth-order valence-electron chi connectivity index (χ4n) is 1.25. The molecule has 0 aliphatic carbocycles. The van der Waals surface area contributed by atoms with E-state index in [1.165, 1.54) is 7.11 Å². The number of rotatable bonds is 1. The number of H-pyrrole nitrogens is 1. The predicted octanol–water partition coefficient (Wildman–Crippen LogP) is 2.11. The van der Waals surface area contributed by atoms with Crippen molar-refractivity contribution >= 4 is 32.8 Å². The molecule has 14 heavy (non-hydrogen) atoms. The summed E-state index contributed by atoms with van der Waals surface area (Å²) < 4.78 is 5.32. The van der Waals surface area contributed by atoms with Crippen LogP contribution in [0.5, 0.6) is 0 Å². The molecule has 0 fully saturated rings. The number of hydrogen-bond acceptors (Lipinski definition) is 3. The maximum atomic E-state index is 11.3. The molecule has 2 aromatic rings. The van der Waals surface area contributed by atoms with Crippen molar-refractivity contribution in [1.29, 1.82) is 0 Å². The zero-order chi connectivity index (χ0) is 10.1. The molecule has 0 unspecified atom stereocenters. The van der Waals surface area contributed by atoms with Gasteiger partial charge in [0.1, 0.15) is 0 Å². The minimum Gasteiger partial charge on any atom is -0.465 e. The summed E-state index contributed by atoms with van der Waals surface area (Å²) in [4.78, 5) is 11.3. The third-order valence-corrected chi connectivity index (χ3v) is 2.78. The zero-order valence-electron chi connectivity index (χ0n) is 7.37. The summed E-state index contributed by atoms with van der Waals surface area (Å²) in [6.07, 6.45) is 1.70. The lowest BCUT2D eigenvalue weighted by Crippen LogP contribution is -2.02. The van der Waals surface area contributed by atoms with E-state index in [9.17, 15) is 4.79 Å². The van der Waals surface area contributed by atoms with Crippen LogP contribution in [0.1, 0.15) is 10.4 Å². The van der Waals surface area contributed by atoms with Crippen LogP contribution in [0.15, 0.2) is 22.8 Å². The molecule has 0 atom stereocenters. The van der Waals surface area contributed by atoms with Gasteiger partial charge in [-0.05, 0) is 22.0 Å². The Bertz CT molecular complexity index is 493. The van der Waals surface area contributed by atoms with Gasteiger partial charge in [0.15, 0.2) is 0 Å². The zero-order valence-corrected chi connectivity index (χ0v) is 8.96. The fourth-order valence-corrected chi connectivity index (χ4v) is 1.86. The molecule has 72 valence electrons. The molecule has 2 rings (SSSR count). The standard InChI is InChI=1S/C9H7BrN2O2/c1-14-9(13)6-3-2-5-4-11-12-8(5)7(6)10/h2-4H,1H3,(H,11,12). The lowest BCUT2D eigenvalue weighted by Gasteiger charge is -2.02. The van der Waals surface area contributed by atoms with Gasteiger partial charge in [-0.3, -0.25) is 5.10 Å². The molecule has 0 aliphatic heterocycles. The molecule has 0 spiro atoms. The molecule has 0 bridgehead atoms. The van der Waals surface area contributed by atoms with Crippen molar-refractivity contribution in [1.82, 2.24) is 10.2 Å². The van der Waals surface area contributed by atoms with Crippen LogP contribution in [-0.4, -0.2) is 23.3 Å². The number of fused-ring (bicyclic) bond motifs is 1. The minimum atomic E-state index is -0.367. The molecule has 5 heteroatoms. The molecular formula is C9H7BrN2O2. The summed E-state index contributed by atoms with van der Waals surface area (Å²) in [5.41, 5.74) is 1.29. The second-order valence-corrected chi connectivity index (χ2v) is 3.55. The third kappa shape index (κ3) is 1.29. The van der Waals surface area contributed by atoms with Crippen molar-refractivity contribution in [3.63, 3.8) is 0 Å². The van der Waals surface area contributed by atoms with E-state index in [-0.39, 0.29) is 5.97 Å². The second kappa shape index (κ2) is 3.42. The first-order chi connectivity index (χ1) is 6.74. The second-order valence-electron chi connectivity index (χ2n) is 2.75. The Hall–Kier alpha value is -1.36. The predicted molar refractivity (Wildman–Crippen MR) is 55.1 cm³/mol. The summed E-state index contributed by atoms with van der Waals surface area (Å²) in [5, 5.41) is 7.63. The molecule has 1 aromatic carbocycles. The lowest BCUT2D eigenvalue weighted by atomic mass is 10.2. The number of methoxy groups -OCH3 is 1. The molecule has 1 aromatic heterocycles. The van der Waals surface area contributed by atoms with Crippen molar-refractivity contribution in [2.24, 2.45) is 0 Å². The van der Waals surface area contributed by atoms with Crippen LogP contribution in [0.2, 0.25) is 0 Å².